The third-order valence-corrected chi connectivity index (χ3v) is 3.08. The lowest BCUT2D eigenvalue weighted by molar-refractivity contribution is -0.118. The Bertz CT molecular complexity index is 389. The molecule has 0 N–H and O–H groups in total. The van der Waals surface area contributed by atoms with E-state index in [2.05, 4.69) is 6.07 Å². The van der Waals surface area contributed by atoms with Crippen LogP contribution in [-0.4, -0.2) is 12.5 Å². The lowest BCUT2D eigenvalue weighted by Gasteiger charge is -2.30. The van der Waals surface area contributed by atoms with Gasteiger partial charge in [-0.2, -0.15) is 0 Å². The molecule has 3 heteroatoms. The van der Waals surface area contributed by atoms with Gasteiger partial charge in [-0.15, -0.1) is 0 Å². The van der Waals surface area contributed by atoms with Crippen molar-refractivity contribution < 1.29 is 4.79 Å². The van der Waals surface area contributed by atoms with Crippen molar-refractivity contribution in [2.45, 2.75) is 26.2 Å². The number of amides is 1. The van der Waals surface area contributed by atoms with Crippen LogP contribution in [0.2, 0.25) is 5.02 Å². The number of carbonyl (C=O) groups is 1. The van der Waals surface area contributed by atoms with E-state index in [1.807, 2.05) is 24.0 Å². The SMILES string of the molecule is CCC(=O)N1CCCc2cccc(Cl)c21. The number of fused-ring (bicyclic) bond motifs is 1. The number of anilines is 1. The molecule has 0 atom stereocenters. The second kappa shape index (κ2) is 4.23. The maximum absolute atomic E-state index is 11.7. The summed E-state index contributed by atoms with van der Waals surface area (Å²) in [5.41, 5.74) is 2.12. The number of aryl methyl sites for hydroxylation is 1. The van der Waals surface area contributed by atoms with Crippen molar-refractivity contribution in [2.75, 3.05) is 11.4 Å². The van der Waals surface area contributed by atoms with Crippen molar-refractivity contribution >= 4 is 23.2 Å². The lowest BCUT2D eigenvalue weighted by Crippen LogP contribution is -2.35. The summed E-state index contributed by atoms with van der Waals surface area (Å²) in [7, 11) is 0. The lowest BCUT2D eigenvalue weighted by atomic mass is 10.0. The molecule has 2 rings (SSSR count). The van der Waals surface area contributed by atoms with Gasteiger partial charge in [0.25, 0.3) is 0 Å². The van der Waals surface area contributed by atoms with Crippen molar-refractivity contribution in [3.05, 3.63) is 28.8 Å². The summed E-state index contributed by atoms with van der Waals surface area (Å²) < 4.78 is 0. The molecule has 2 nitrogen and oxygen atoms in total. The fourth-order valence-electron chi connectivity index (χ4n) is 2.04. The molecule has 0 aromatic heterocycles. The smallest absolute Gasteiger partial charge is 0.226 e. The third-order valence-electron chi connectivity index (χ3n) is 2.77. The number of halogens is 1. The predicted octanol–water partition coefficient (Wildman–Crippen LogP) is 3.03. The van der Waals surface area contributed by atoms with Crippen LogP contribution in [0.1, 0.15) is 25.3 Å². The topological polar surface area (TPSA) is 20.3 Å². The van der Waals surface area contributed by atoms with Gasteiger partial charge < -0.3 is 4.90 Å². The zero-order valence-electron chi connectivity index (χ0n) is 8.79. The zero-order chi connectivity index (χ0) is 10.8. The standard InChI is InChI=1S/C12H14ClNO/c1-2-11(15)14-8-4-6-9-5-3-7-10(13)12(9)14/h3,5,7H,2,4,6,8H2,1H3. The van der Waals surface area contributed by atoms with E-state index in [1.54, 1.807) is 0 Å². The van der Waals surface area contributed by atoms with Gasteiger partial charge in [-0.3, -0.25) is 4.79 Å². The predicted molar refractivity (Wildman–Crippen MR) is 62.4 cm³/mol. The van der Waals surface area contributed by atoms with E-state index in [0.717, 1.165) is 25.1 Å². The van der Waals surface area contributed by atoms with Gasteiger partial charge in [0.15, 0.2) is 0 Å². The van der Waals surface area contributed by atoms with Crippen LogP contribution in [0.4, 0.5) is 5.69 Å². The second-order valence-corrected chi connectivity index (χ2v) is 4.16. The monoisotopic (exact) mass is 223 g/mol. The van der Waals surface area contributed by atoms with Crippen LogP contribution in [0.25, 0.3) is 0 Å². The molecule has 0 saturated heterocycles. The van der Waals surface area contributed by atoms with Gasteiger partial charge >= 0.3 is 0 Å². The molecule has 1 aliphatic heterocycles. The molecule has 0 fully saturated rings. The van der Waals surface area contributed by atoms with Gasteiger partial charge in [0.1, 0.15) is 0 Å². The molecule has 1 amide bonds. The average molecular weight is 224 g/mol. The number of hydrogen-bond acceptors (Lipinski definition) is 1. The van der Waals surface area contributed by atoms with Crippen LogP contribution >= 0.6 is 11.6 Å². The molecular weight excluding hydrogens is 210 g/mol. The molecule has 15 heavy (non-hydrogen) atoms. The van der Waals surface area contributed by atoms with Crippen molar-refractivity contribution in [3.63, 3.8) is 0 Å². The van der Waals surface area contributed by atoms with Crippen LogP contribution in [0, 0.1) is 0 Å². The van der Waals surface area contributed by atoms with Gasteiger partial charge in [-0.25, -0.2) is 0 Å². The molecule has 1 heterocycles. The normalized spacial score (nSPS) is 14.9. The Labute approximate surface area is 94.8 Å². The summed E-state index contributed by atoms with van der Waals surface area (Å²) in [6.45, 7) is 2.68. The van der Waals surface area contributed by atoms with E-state index in [0.29, 0.717) is 11.4 Å². The molecule has 1 aliphatic rings. The highest BCUT2D eigenvalue weighted by atomic mass is 35.5. The van der Waals surface area contributed by atoms with Crippen molar-refractivity contribution in [1.82, 2.24) is 0 Å². The van der Waals surface area contributed by atoms with E-state index >= 15 is 0 Å². The zero-order valence-corrected chi connectivity index (χ0v) is 9.55. The highest BCUT2D eigenvalue weighted by Crippen LogP contribution is 2.34. The summed E-state index contributed by atoms with van der Waals surface area (Å²) in [6.07, 6.45) is 2.58. The first-order valence-corrected chi connectivity index (χ1v) is 5.69. The van der Waals surface area contributed by atoms with Crippen molar-refractivity contribution in [1.29, 1.82) is 0 Å². The van der Waals surface area contributed by atoms with Crippen molar-refractivity contribution in [3.8, 4) is 0 Å². The van der Waals surface area contributed by atoms with E-state index in [4.69, 9.17) is 11.6 Å². The molecular formula is C12H14ClNO. The quantitative estimate of drug-likeness (QED) is 0.717. The average Bonchev–Trinajstić information content (AvgIpc) is 2.28. The first-order chi connectivity index (χ1) is 7.24. The van der Waals surface area contributed by atoms with Gasteiger partial charge in [0, 0.05) is 13.0 Å². The minimum absolute atomic E-state index is 0.157. The minimum Gasteiger partial charge on any atom is -0.311 e. The molecule has 0 saturated carbocycles. The number of hydrogen-bond donors (Lipinski definition) is 0. The number of rotatable bonds is 1. The van der Waals surface area contributed by atoms with E-state index in [-0.39, 0.29) is 5.91 Å². The number of carbonyl (C=O) groups excluding carboxylic acids is 1. The van der Waals surface area contributed by atoms with Crippen LogP contribution in [0.5, 0.6) is 0 Å². The Balaban J connectivity index is 2.45. The van der Waals surface area contributed by atoms with Gasteiger partial charge in [0.2, 0.25) is 5.91 Å². The van der Waals surface area contributed by atoms with Crippen LogP contribution in [-0.2, 0) is 11.2 Å². The summed E-state index contributed by atoms with van der Waals surface area (Å²) in [4.78, 5) is 13.6. The third kappa shape index (κ3) is 1.86. The molecule has 0 radical (unpaired) electrons. The highest BCUT2D eigenvalue weighted by molar-refractivity contribution is 6.34. The molecule has 0 spiro atoms. The molecule has 0 bridgehead atoms. The Morgan fingerprint density at radius 2 is 2.33 bits per heavy atom. The fourth-order valence-corrected chi connectivity index (χ4v) is 2.34. The highest BCUT2D eigenvalue weighted by Gasteiger charge is 2.23. The Kier molecular flexibility index (Phi) is 2.96. The maximum atomic E-state index is 11.7. The molecule has 1 aromatic carbocycles. The first-order valence-electron chi connectivity index (χ1n) is 5.31. The van der Waals surface area contributed by atoms with Gasteiger partial charge in [0.05, 0.1) is 10.7 Å². The number of benzene rings is 1. The molecule has 80 valence electrons. The maximum Gasteiger partial charge on any atom is 0.226 e. The van der Waals surface area contributed by atoms with Crippen LogP contribution < -0.4 is 4.90 Å². The largest absolute Gasteiger partial charge is 0.311 e. The summed E-state index contributed by atoms with van der Waals surface area (Å²) in [5.74, 6) is 0.157. The van der Waals surface area contributed by atoms with Gasteiger partial charge in [-0.05, 0) is 24.5 Å². The summed E-state index contributed by atoms with van der Waals surface area (Å²) in [6, 6.07) is 5.85. The Morgan fingerprint density at radius 1 is 1.53 bits per heavy atom. The van der Waals surface area contributed by atoms with E-state index < -0.39 is 0 Å². The van der Waals surface area contributed by atoms with Gasteiger partial charge in [-0.1, -0.05) is 30.7 Å². The summed E-state index contributed by atoms with van der Waals surface area (Å²) >= 11 is 6.14. The van der Waals surface area contributed by atoms with Crippen LogP contribution in [0.15, 0.2) is 18.2 Å². The summed E-state index contributed by atoms with van der Waals surface area (Å²) in [5, 5.41) is 0.689. The molecule has 0 aliphatic carbocycles. The number of nitrogens with zero attached hydrogens (tertiary/aromatic N) is 1. The molecule has 1 aromatic rings. The Hall–Kier alpha value is -1.02. The molecule has 0 unspecified atom stereocenters. The Morgan fingerprint density at radius 3 is 3.07 bits per heavy atom. The van der Waals surface area contributed by atoms with E-state index in [1.165, 1.54) is 5.56 Å². The van der Waals surface area contributed by atoms with E-state index in [9.17, 15) is 4.79 Å². The van der Waals surface area contributed by atoms with Crippen LogP contribution in [0.3, 0.4) is 0 Å². The first kappa shape index (κ1) is 10.5. The minimum atomic E-state index is 0.157. The second-order valence-electron chi connectivity index (χ2n) is 3.75. The fraction of sp³-hybridized carbons (Fsp3) is 0.417. The van der Waals surface area contributed by atoms with Crippen molar-refractivity contribution in [2.24, 2.45) is 0 Å². The number of para-hydroxylation sites is 1.